The summed E-state index contributed by atoms with van der Waals surface area (Å²) >= 11 is 0. The second kappa shape index (κ2) is 4.14. The Labute approximate surface area is 47.3 Å². The number of primary amides is 1. The molecule has 0 radical (unpaired) electrons. The number of hydrogen-bond acceptors (Lipinski definition) is 3. The number of amides is 1. The van der Waals surface area contributed by atoms with Crippen LogP contribution < -0.4 is 11.2 Å². The first-order chi connectivity index (χ1) is 3.77. The van der Waals surface area contributed by atoms with E-state index in [0.717, 1.165) is 0 Å². The molecule has 0 saturated heterocycles. The summed E-state index contributed by atoms with van der Waals surface area (Å²) < 4.78 is 0. The van der Waals surface area contributed by atoms with E-state index in [1.807, 2.05) is 0 Å². The molecule has 0 fully saturated rings. The van der Waals surface area contributed by atoms with Crippen molar-refractivity contribution in [1.82, 2.24) is 5.48 Å². The molecule has 0 rings (SSSR count). The summed E-state index contributed by atoms with van der Waals surface area (Å²) in [5.41, 5.74) is 6.82. The minimum Gasteiger partial charge on any atom is -0.354 e. The molecule has 4 nitrogen and oxygen atoms in total. The van der Waals surface area contributed by atoms with Crippen molar-refractivity contribution in [3.63, 3.8) is 0 Å². The zero-order valence-electron chi connectivity index (χ0n) is 4.39. The van der Waals surface area contributed by atoms with Crippen LogP contribution in [0.15, 0.2) is 12.7 Å². The molecule has 8 heavy (non-hydrogen) atoms. The van der Waals surface area contributed by atoms with Crippen LogP contribution in [0.3, 0.4) is 0 Å². The Bertz CT molecular complexity index is 92.0. The predicted octanol–water partition coefficient (Wildman–Crippen LogP) is -0.228. The lowest BCUT2D eigenvalue weighted by atomic mass is 10.7. The molecule has 0 aromatic heterocycles. The second-order valence-corrected chi connectivity index (χ2v) is 1.06. The van der Waals surface area contributed by atoms with Gasteiger partial charge in [0.15, 0.2) is 0 Å². The molecule has 0 saturated carbocycles. The Morgan fingerprint density at radius 2 is 2.62 bits per heavy atom. The van der Waals surface area contributed by atoms with Crippen molar-refractivity contribution in [3.8, 4) is 0 Å². The van der Waals surface area contributed by atoms with Crippen molar-refractivity contribution in [2.75, 3.05) is 6.54 Å². The molecule has 0 aromatic rings. The van der Waals surface area contributed by atoms with Gasteiger partial charge in [-0.15, -0.1) is 12.1 Å². The molecule has 3 N–H and O–H groups in total. The highest BCUT2D eigenvalue weighted by molar-refractivity contribution is 5.64. The van der Waals surface area contributed by atoms with Crippen molar-refractivity contribution in [1.29, 1.82) is 0 Å². The molecule has 4 heteroatoms. The van der Waals surface area contributed by atoms with Gasteiger partial charge in [-0.3, -0.25) is 0 Å². The topological polar surface area (TPSA) is 64.3 Å². The summed E-state index contributed by atoms with van der Waals surface area (Å²) in [5.74, 6) is 0. The van der Waals surface area contributed by atoms with Gasteiger partial charge in [-0.05, 0) is 0 Å². The van der Waals surface area contributed by atoms with Crippen LogP contribution in [0.1, 0.15) is 0 Å². The molecule has 0 heterocycles. The van der Waals surface area contributed by atoms with Gasteiger partial charge >= 0.3 is 6.09 Å². The quantitative estimate of drug-likeness (QED) is 0.304. The fraction of sp³-hybridized carbons (Fsp3) is 0.250. The van der Waals surface area contributed by atoms with Gasteiger partial charge in [0.1, 0.15) is 0 Å². The van der Waals surface area contributed by atoms with Crippen LogP contribution in [0.2, 0.25) is 0 Å². The summed E-state index contributed by atoms with van der Waals surface area (Å²) in [4.78, 5) is 13.9. The number of nitrogens with two attached hydrogens (primary N) is 1. The molecule has 0 bridgehead atoms. The highest BCUT2D eigenvalue weighted by Gasteiger charge is 1.86. The Morgan fingerprint density at radius 3 is 3.00 bits per heavy atom. The average Bonchev–Trinajstić information content (AvgIpc) is 1.66. The molecule has 0 unspecified atom stereocenters. The third-order valence-corrected chi connectivity index (χ3v) is 0.400. The van der Waals surface area contributed by atoms with E-state index in [-0.39, 0.29) is 0 Å². The van der Waals surface area contributed by atoms with Gasteiger partial charge in [-0.2, -0.15) is 0 Å². The lowest BCUT2D eigenvalue weighted by molar-refractivity contribution is 0.105. The maximum Gasteiger partial charge on any atom is 0.423 e. The van der Waals surface area contributed by atoms with Crippen LogP contribution in [0.4, 0.5) is 4.79 Å². The first-order valence-electron chi connectivity index (χ1n) is 2.07. The third kappa shape index (κ3) is 4.97. The number of hydrogen-bond donors (Lipinski definition) is 2. The molecule has 1 amide bonds. The molecule has 0 spiro atoms. The monoisotopic (exact) mass is 116 g/mol. The van der Waals surface area contributed by atoms with E-state index in [2.05, 4.69) is 22.6 Å². The van der Waals surface area contributed by atoms with Gasteiger partial charge in [-0.25, -0.2) is 4.79 Å². The van der Waals surface area contributed by atoms with E-state index in [9.17, 15) is 4.79 Å². The number of carbonyl (C=O) groups excluding carboxylic acids is 1. The van der Waals surface area contributed by atoms with Gasteiger partial charge in [0.2, 0.25) is 0 Å². The number of carbonyl (C=O) groups is 1. The van der Waals surface area contributed by atoms with Crippen molar-refractivity contribution >= 4 is 6.09 Å². The highest BCUT2D eigenvalue weighted by Crippen LogP contribution is 1.63. The molecule has 46 valence electrons. The van der Waals surface area contributed by atoms with Gasteiger partial charge in [0.05, 0.1) is 0 Å². The van der Waals surface area contributed by atoms with Gasteiger partial charge in [-0.1, -0.05) is 6.08 Å². The first kappa shape index (κ1) is 6.97. The lowest BCUT2D eigenvalue weighted by Crippen LogP contribution is -2.24. The van der Waals surface area contributed by atoms with Gasteiger partial charge in [0, 0.05) is 6.54 Å². The van der Waals surface area contributed by atoms with Crippen molar-refractivity contribution in [3.05, 3.63) is 12.7 Å². The molecular weight excluding hydrogens is 108 g/mol. The maximum absolute atomic E-state index is 9.78. The summed E-state index contributed by atoms with van der Waals surface area (Å²) in [5, 5.41) is 0. The standard InChI is InChI=1S/C4H8N2O2/c1-2-3-6-8-4(5)7/h2,6H,1,3H2,(H2,5,7). The minimum atomic E-state index is -0.841. The second-order valence-electron chi connectivity index (χ2n) is 1.06. The van der Waals surface area contributed by atoms with Crippen LogP contribution in [-0.4, -0.2) is 12.6 Å². The SMILES string of the molecule is C=CCNOC(N)=O. The number of rotatable bonds is 3. The fourth-order valence-electron chi connectivity index (χ4n) is 0.172. The van der Waals surface area contributed by atoms with Crippen molar-refractivity contribution in [2.45, 2.75) is 0 Å². The number of nitrogens with one attached hydrogen (secondary N) is 1. The van der Waals surface area contributed by atoms with E-state index in [1.54, 1.807) is 6.08 Å². The van der Waals surface area contributed by atoms with Crippen LogP contribution in [0, 0.1) is 0 Å². The Hall–Kier alpha value is -1.03. The van der Waals surface area contributed by atoms with Gasteiger partial charge < -0.3 is 10.6 Å². The molecular formula is C4H8N2O2. The zero-order valence-corrected chi connectivity index (χ0v) is 4.39. The van der Waals surface area contributed by atoms with Crippen LogP contribution in [0.5, 0.6) is 0 Å². The smallest absolute Gasteiger partial charge is 0.354 e. The fourth-order valence-corrected chi connectivity index (χ4v) is 0.172. The van der Waals surface area contributed by atoms with E-state index in [0.29, 0.717) is 6.54 Å². The molecule has 0 aliphatic carbocycles. The lowest BCUT2D eigenvalue weighted by Gasteiger charge is -1.95. The zero-order chi connectivity index (χ0) is 6.41. The Balaban J connectivity index is 2.93. The molecule has 0 atom stereocenters. The summed E-state index contributed by atoms with van der Waals surface area (Å²) in [6, 6.07) is 0. The third-order valence-electron chi connectivity index (χ3n) is 0.400. The summed E-state index contributed by atoms with van der Waals surface area (Å²) in [6.07, 6.45) is 0.704. The van der Waals surface area contributed by atoms with Crippen molar-refractivity contribution in [2.24, 2.45) is 5.73 Å². The van der Waals surface area contributed by atoms with E-state index >= 15 is 0 Å². The molecule has 0 aliphatic rings. The van der Waals surface area contributed by atoms with Crippen LogP contribution >= 0.6 is 0 Å². The molecule has 0 aliphatic heterocycles. The molecule has 0 aromatic carbocycles. The van der Waals surface area contributed by atoms with Crippen LogP contribution in [-0.2, 0) is 4.84 Å². The largest absolute Gasteiger partial charge is 0.423 e. The normalized spacial score (nSPS) is 8.00. The van der Waals surface area contributed by atoms with Crippen molar-refractivity contribution < 1.29 is 9.63 Å². The minimum absolute atomic E-state index is 0.406. The summed E-state index contributed by atoms with van der Waals surface area (Å²) in [6.45, 7) is 3.77. The van der Waals surface area contributed by atoms with E-state index in [4.69, 9.17) is 0 Å². The van der Waals surface area contributed by atoms with E-state index in [1.165, 1.54) is 0 Å². The number of hydroxylamine groups is 1. The van der Waals surface area contributed by atoms with Crippen LogP contribution in [0.25, 0.3) is 0 Å². The summed E-state index contributed by atoms with van der Waals surface area (Å²) in [7, 11) is 0. The Kier molecular flexibility index (Phi) is 3.60. The average molecular weight is 116 g/mol. The van der Waals surface area contributed by atoms with Gasteiger partial charge in [0.25, 0.3) is 0 Å². The first-order valence-corrected chi connectivity index (χ1v) is 2.07. The highest BCUT2D eigenvalue weighted by atomic mass is 16.7. The maximum atomic E-state index is 9.78. The van der Waals surface area contributed by atoms with E-state index < -0.39 is 6.09 Å². The predicted molar refractivity (Wildman–Crippen MR) is 28.9 cm³/mol. The Morgan fingerprint density at radius 1 is 2.00 bits per heavy atom.